The number of ether oxygens (including phenoxy) is 1. The fourth-order valence-electron chi connectivity index (χ4n) is 4.48. The molecule has 1 saturated carbocycles. The number of aliphatic hydroxyl groups is 1. The van der Waals surface area contributed by atoms with E-state index in [1.807, 2.05) is 35.9 Å². The van der Waals surface area contributed by atoms with Crippen LogP contribution in [0.2, 0.25) is 0 Å². The summed E-state index contributed by atoms with van der Waals surface area (Å²) in [5.41, 5.74) is 1.34. The summed E-state index contributed by atoms with van der Waals surface area (Å²) in [5.74, 6) is 1.59. The van der Waals surface area contributed by atoms with Gasteiger partial charge in [0, 0.05) is 36.2 Å². The van der Waals surface area contributed by atoms with E-state index in [9.17, 15) is 9.90 Å². The number of aromatic nitrogens is 5. The van der Waals surface area contributed by atoms with Gasteiger partial charge in [0.2, 0.25) is 0 Å². The Labute approximate surface area is 187 Å². The molecular formula is C23H32N6O3. The lowest BCUT2D eigenvalue weighted by Gasteiger charge is -2.25. The monoisotopic (exact) mass is 440 g/mol. The lowest BCUT2D eigenvalue weighted by atomic mass is 9.95. The fourth-order valence-corrected chi connectivity index (χ4v) is 4.48. The minimum absolute atomic E-state index is 0.0931. The van der Waals surface area contributed by atoms with E-state index in [4.69, 9.17) is 4.74 Å². The molecule has 172 valence electrons. The van der Waals surface area contributed by atoms with Crippen molar-refractivity contribution in [3.8, 4) is 5.75 Å². The molecule has 32 heavy (non-hydrogen) atoms. The van der Waals surface area contributed by atoms with Crippen LogP contribution in [-0.2, 0) is 13.1 Å². The third-order valence-corrected chi connectivity index (χ3v) is 6.08. The molecule has 2 heterocycles. The summed E-state index contributed by atoms with van der Waals surface area (Å²) < 4.78 is 7.57. The van der Waals surface area contributed by atoms with Gasteiger partial charge in [0.15, 0.2) is 5.82 Å². The molecule has 0 saturated heterocycles. The third-order valence-electron chi connectivity index (χ3n) is 6.08. The van der Waals surface area contributed by atoms with Crippen LogP contribution in [0.3, 0.4) is 0 Å². The van der Waals surface area contributed by atoms with Crippen molar-refractivity contribution in [3.63, 3.8) is 0 Å². The quantitative estimate of drug-likeness (QED) is 0.499. The van der Waals surface area contributed by atoms with Gasteiger partial charge in [0.1, 0.15) is 5.75 Å². The van der Waals surface area contributed by atoms with E-state index in [0.29, 0.717) is 44.3 Å². The Hall–Kier alpha value is -2.78. The number of hydrogen-bond donors (Lipinski definition) is 2. The maximum Gasteiger partial charge on any atom is 0.252 e. The number of pyridine rings is 1. The van der Waals surface area contributed by atoms with Crippen molar-refractivity contribution in [2.75, 3.05) is 19.8 Å². The molecule has 4 rings (SSSR count). The van der Waals surface area contributed by atoms with E-state index in [1.165, 1.54) is 19.3 Å². The summed E-state index contributed by atoms with van der Waals surface area (Å²) in [7, 11) is 0. The molecule has 1 aliphatic rings. The Balaban J connectivity index is 1.56. The average Bonchev–Trinajstić information content (AvgIpc) is 3.27. The average molecular weight is 441 g/mol. The summed E-state index contributed by atoms with van der Waals surface area (Å²) in [6, 6.07) is 7.94. The molecule has 0 aliphatic heterocycles. The van der Waals surface area contributed by atoms with Crippen LogP contribution in [0.4, 0.5) is 0 Å². The van der Waals surface area contributed by atoms with Crippen LogP contribution in [0.1, 0.15) is 62.9 Å². The van der Waals surface area contributed by atoms with E-state index in [1.54, 1.807) is 0 Å². The van der Waals surface area contributed by atoms with E-state index in [-0.39, 0.29) is 12.2 Å². The molecule has 0 bridgehead atoms. The Kier molecular flexibility index (Phi) is 7.49. The van der Waals surface area contributed by atoms with Crippen molar-refractivity contribution >= 4 is 10.9 Å². The summed E-state index contributed by atoms with van der Waals surface area (Å²) in [6.45, 7) is 4.25. The van der Waals surface area contributed by atoms with Gasteiger partial charge in [-0.25, -0.2) is 4.68 Å². The number of hydrogen-bond acceptors (Lipinski definition) is 7. The van der Waals surface area contributed by atoms with Crippen molar-refractivity contribution in [3.05, 3.63) is 46.0 Å². The topological polar surface area (TPSA) is 109 Å². The Bertz CT molecular complexity index is 1070. The van der Waals surface area contributed by atoms with E-state index in [0.717, 1.165) is 35.3 Å². The number of fused-ring (bicyclic) bond motifs is 1. The normalized spacial score (nSPS) is 15.0. The minimum Gasteiger partial charge on any atom is -0.494 e. The van der Waals surface area contributed by atoms with Gasteiger partial charge in [-0.3, -0.25) is 9.69 Å². The molecule has 2 N–H and O–H groups in total. The highest BCUT2D eigenvalue weighted by molar-refractivity contribution is 5.80. The highest BCUT2D eigenvalue weighted by Crippen LogP contribution is 2.28. The molecule has 1 aliphatic carbocycles. The second-order valence-electron chi connectivity index (χ2n) is 8.43. The summed E-state index contributed by atoms with van der Waals surface area (Å²) in [5, 5.41) is 22.8. The molecule has 0 atom stereocenters. The molecule has 0 spiro atoms. The number of nitrogens with zero attached hydrogens (tertiary/aromatic N) is 5. The van der Waals surface area contributed by atoms with Gasteiger partial charge in [0.05, 0.1) is 19.2 Å². The maximum atomic E-state index is 12.8. The van der Waals surface area contributed by atoms with Crippen LogP contribution in [0, 0.1) is 0 Å². The van der Waals surface area contributed by atoms with E-state index >= 15 is 0 Å². The molecule has 3 aromatic rings. The molecule has 9 heteroatoms. The first kappa shape index (κ1) is 22.4. The molecule has 2 aromatic heterocycles. The van der Waals surface area contributed by atoms with Crippen molar-refractivity contribution in [1.82, 2.24) is 30.1 Å². The molecule has 1 aromatic carbocycles. The number of rotatable bonds is 10. The zero-order chi connectivity index (χ0) is 22.3. The number of aliphatic hydroxyl groups excluding tert-OH is 1. The number of tetrazole rings is 1. The predicted molar refractivity (Wildman–Crippen MR) is 121 cm³/mol. The van der Waals surface area contributed by atoms with Crippen molar-refractivity contribution in [1.29, 1.82) is 0 Å². The minimum atomic E-state index is -0.109. The van der Waals surface area contributed by atoms with Gasteiger partial charge in [-0.05, 0) is 60.9 Å². The number of aromatic amines is 1. The second kappa shape index (κ2) is 10.7. The van der Waals surface area contributed by atoms with Crippen LogP contribution < -0.4 is 10.3 Å². The smallest absolute Gasteiger partial charge is 0.252 e. The zero-order valence-corrected chi connectivity index (χ0v) is 18.7. The van der Waals surface area contributed by atoms with Crippen LogP contribution in [0.5, 0.6) is 5.75 Å². The van der Waals surface area contributed by atoms with Gasteiger partial charge in [0.25, 0.3) is 5.56 Å². The lowest BCUT2D eigenvalue weighted by Crippen LogP contribution is -2.30. The van der Waals surface area contributed by atoms with Crippen molar-refractivity contribution in [2.24, 2.45) is 0 Å². The fraction of sp³-hybridized carbons (Fsp3) is 0.565. The van der Waals surface area contributed by atoms with Crippen molar-refractivity contribution < 1.29 is 9.84 Å². The lowest BCUT2D eigenvalue weighted by molar-refractivity contribution is 0.201. The van der Waals surface area contributed by atoms with Crippen molar-refractivity contribution in [2.45, 2.75) is 64.6 Å². The molecular weight excluding hydrogens is 408 g/mol. The number of H-pyrrole nitrogens is 1. The highest BCUT2D eigenvalue weighted by atomic mass is 16.5. The van der Waals surface area contributed by atoms with Crippen LogP contribution in [0.15, 0.2) is 29.1 Å². The Morgan fingerprint density at radius 3 is 2.84 bits per heavy atom. The van der Waals surface area contributed by atoms with Gasteiger partial charge in [-0.2, -0.15) is 0 Å². The maximum absolute atomic E-state index is 12.8. The van der Waals surface area contributed by atoms with Crippen LogP contribution >= 0.6 is 0 Å². The Morgan fingerprint density at radius 1 is 1.22 bits per heavy atom. The Morgan fingerprint density at radius 2 is 2.06 bits per heavy atom. The molecule has 1 fully saturated rings. The first-order chi connectivity index (χ1) is 15.7. The van der Waals surface area contributed by atoms with Crippen LogP contribution in [0.25, 0.3) is 10.9 Å². The second-order valence-corrected chi connectivity index (χ2v) is 8.43. The summed E-state index contributed by atoms with van der Waals surface area (Å²) >= 11 is 0. The van der Waals surface area contributed by atoms with E-state index in [2.05, 4.69) is 25.4 Å². The van der Waals surface area contributed by atoms with Gasteiger partial charge in [-0.15, -0.1) is 5.10 Å². The zero-order valence-electron chi connectivity index (χ0n) is 18.7. The molecule has 9 nitrogen and oxygen atoms in total. The van der Waals surface area contributed by atoms with Crippen LogP contribution in [-0.4, -0.2) is 55.0 Å². The largest absolute Gasteiger partial charge is 0.494 e. The first-order valence-electron chi connectivity index (χ1n) is 11.6. The molecule has 0 unspecified atom stereocenters. The first-order valence-corrected chi connectivity index (χ1v) is 11.6. The summed E-state index contributed by atoms with van der Waals surface area (Å²) in [4.78, 5) is 17.9. The number of benzene rings is 1. The van der Waals surface area contributed by atoms with E-state index < -0.39 is 0 Å². The highest BCUT2D eigenvalue weighted by Gasteiger charge is 2.22. The molecule has 0 radical (unpaired) electrons. The number of nitrogens with one attached hydrogen (secondary N) is 1. The SMILES string of the molecule is CCOc1ccc2[nH]c(=O)c(CN(CCCO)Cc3nnnn3C3CCCCC3)cc2c1. The van der Waals surface area contributed by atoms with Gasteiger partial charge >= 0.3 is 0 Å². The predicted octanol–water partition coefficient (Wildman–Crippen LogP) is 2.80. The van der Waals surface area contributed by atoms with Gasteiger partial charge < -0.3 is 14.8 Å². The molecule has 0 amide bonds. The van der Waals surface area contributed by atoms with Gasteiger partial charge in [-0.1, -0.05) is 19.3 Å². The standard InChI is InChI=1S/C23H32N6O3/c1-2-32-20-9-10-21-17(14-20)13-18(23(31)24-21)15-28(11-6-12-30)16-22-25-26-27-29(22)19-7-4-3-5-8-19/h9-10,13-14,19,30H,2-8,11-12,15-16H2,1H3,(H,24,31). The summed E-state index contributed by atoms with van der Waals surface area (Å²) in [6.07, 6.45) is 6.49. The third kappa shape index (κ3) is 5.34.